The average molecular weight is 780 g/mol. The predicted octanol–water partition coefficient (Wildman–Crippen LogP) is 11.7. The van der Waals surface area contributed by atoms with Crippen LogP contribution in [0, 0.1) is 0 Å². The van der Waals surface area contributed by atoms with Crippen molar-refractivity contribution in [2.45, 2.75) is 180 Å². The molecule has 54 heavy (non-hydrogen) atoms. The molecule has 312 valence electrons. The number of amides is 1. The first-order valence-electron chi connectivity index (χ1n) is 21.3. The zero-order valence-electron chi connectivity index (χ0n) is 34.1. The third kappa shape index (κ3) is 40.9. The van der Waals surface area contributed by atoms with Crippen molar-refractivity contribution < 1.29 is 37.9 Å². The molecule has 0 fully saturated rings. The quantitative estimate of drug-likeness (QED) is 0.0243. The second-order valence-corrected chi connectivity index (χ2v) is 15.4. The van der Waals surface area contributed by atoms with Crippen LogP contribution in [-0.4, -0.2) is 54.3 Å². The third-order valence-corrected chi connectivity index (χ3v) is 9.70. The summed E-state index contributed by atoms with van der Waals surface area (Å²) in [5.74, 6) is -0.532. The lowest BCUT2D eigenvalue weighted by Crippen LogP contribution is -2.27. The summed E-state index contributed by atoms with van der Waals surface area (Å²) < 4.78 is 26.8. The van der Waals surface area contributed by atoms with E-state index in [0.717, 1.165) is 77.0 Å². The van der Waals surface area contributed by atoms with Gasteiger partial charge in [-0.25, -0.2) is 4.57 Å². The summed E-state index contributed by atoms with van der Waals surface area (Å²) >= 11 is 0. The van der Waals surface area contributed by atoms with Gasteiger partial charge in [0.05, 0.1) is 13.2 Å². The molecular weight excluding hydrogens is 701 g/mol. The first-order valence-corrected chi connectivity index (χ1v) is 22.8. The first-order chi connectivity index (χ1) is 26.3. The predicted molar refractivity (Wildman–Crippen MR) is 224 cm³/mol. The zero-order chi connectivity index (χ0) is 39.6. The van der Waals surface area contributed by atoms with Gasteiger partial charge in [0.2, 0.25) is 5.91 Å². The highest BCUT2D eigenvalue weighted by Crippen LogP contribution is 2.42. The van der Waals surface area contributed by atoms with E-state index in [1.54, 1.807) is 0 Å². The number of aliphatic hydroxyl groups excluding tert-OH is 1. The SMILES string of the molecule is CC/C=C\C/C=C\C/C=C\C/C=C\C/C=C\CCCCCCCCCC(=O)NCCOP(=O)(O)OCC(O)COC(=O)CCCCCCCCCCCC. The lowest BCUT2D eigenvalue weighted by atomic mass is 10.1. The van der Waals surface area contributed by atoms with Crippen LogP contribution in [0.4, 0.5) is 0 Å². The first kappa shape index (κ1) is 51.7. The number of unbranched alkanes of at least 4 members (excludes halogenated alkanes) is 16. The van der Waals surface area contributed by atoms with Crippen LogP contribution in [0.5, 0.6) is 0 Å². The average Bonchev–Trinajstić information content (AvgIpc) is 3.16. The Balaban J connectivity index is 3.62. The Labute approximate surface area is 329 Å². The molecule has 0 spiro atoms. The maximum atomic E-state index is 12.1. The van der Waals surface area contributed by atoms with Gasteiger partial charge in [-0.15, -0.1) is 0 Å². The van der Waals surface area contributed by atoms with Crippen LogP contribution in [-0.2, 0) is 27.9 Å². The van der Waals surface area contributed by atoms with E-state index in [9.17, 15) is 24.2 Å². The fourth-order valence-corrected chi connectivity index (χ4v) is 6.28. The van der Waals surface area contributed by atoms with Crippen molar-refractivity contribution in [2.24, 2.45) is 0 Å². The normalized spacial score (nSPS) is 13.9. The topological polar surface area (TPSA) is 131 Å². The van der Waals surface area contributed by atoms with Gasteiger partial charge in [-0.05, 0) is 57.8 Å². The Kier molecular flexibility index (Phi) is 38.7. The van der Waals surface area contributed by atoms with E-state index in [1.165, 1.54) is 70.6 Å². The molecule has 0 aliphatic heterocycles. The lowest BCUT2D eigenvalue weighted by molar-refractivity contribution is -0.147. The Bertz CT molecular complexity index is 1070. The maximum absolute atomic E-state index is 12.1. The van der Waals surface area contributed by atoms with Crippen molar-refractivity contribution in [1.29, 1.82) is 0 Å². The standard InChI is InChI=1S/C44H78NO8P/c1-3-5-7-9-11-13-15-16-17-18-19-20-21-22-23-24-25-26-27-28-30-32-34-36-43(47)45-38-39-52-54(49,50)53-41-42(46)40-51-44(48)37-35-33-31-29-14-12-10-8-6-4-2/h5,7,11,13,16-17,19-20,22-23,42,46H,3-4,6,8-10,12,14-15,18,21,24-41H2,1-2H3,(H,45,47)(H,49,50)/b7-5-,13-11-,17-16-,20-19-,23-22-. The summed E-state index contributed by atoms with van der Waals surface area (Å²) in [5.41, 5.74) is 0. The van der Waals surface area contributed by atoms with Crippen molar-refractivity contribution in [2.75, 3.05) is 26.4 Å². The van der Waals surface area contributed by atoms with Crippen LogP contribution < -0.4 is 5.32 Å². The number of aliphatic hydroxyl groups is 1. The van der Waals surface area contributed by atoms with E-state index >= 15 is 0 Å². The van der Waals surface area contributed by atoms with E-state index in [4.69, 9.17) is 13.8 Å². The summed E-state index contributed by atoms with van der Waals surface area (Å²) in [7, 11) is -4.42. The number of rotatable bonds is 39. The number of phosphoric ester groups is 1. The number of hydrogen-bond donors (Lipinski definition) is 3. The van der Waals surface area contributed by atoms with Crippen LogP contribution in [0.3, 0.4) is 0 Å². The molecule has 10 heteroatoms. The highest BCUT2D eigenvalue weighted by molar-refractivity contribution is 7.47. The number of carbonyl (C=O) groups is 2. The Morgan fingerprint density at radius 1 is 0.593 bits per heavy atom. The van der Waals surface area contributed by atoms with Crippen molar-refractivity contribution in [3.8, 4) is 0 Å². The van der Waals surface area contributed by atoms with E-state index in [2.05, 4.69) is 79.9 Å². The molecule has 0 saturated carbocycles. The molecule has 3 N–H and O–H groups in total. The Hall–Kier alpha value is -2.29. The van der Waals surface area contributed by atoms with Gasteiger partial charge < -0.3 is 20.1 Å². The molecule has 2 atom stereocenters. The van der Waals surface area contributed by atoms with Crippen LogP contribution in [0.1, 0.15) is 174 Å². The fraction of sp³-hybridized carbons (Fsp3) is 0.727. The molecule has 9 nitrogen and oxygen atoms in total. The van der Waals surface area contributed by atoms with Gasteiger partial charge in [0, 0.05) is 19.4 Å². The van der Waals surface area contributed by atoms with Gasteiger partial charge in [-0.3, -0.25) is 18.6 Å². The molecule has 0 aromatic carbocycles. The molecular formula is C44H78NO8P. The van der Waals surface area contributed by atoms with Crippen molar-refractivity contribution in [3.05, 3.63) is 60.8 Å². The zero-order valence-corrected chi connectivity index (χ0v) is 35.0. The van der Waals surface area contributed by atoms with Gasteiger partial charge >= 0.3 is 13.8 Å². The molecule has 0 bridgehead atoms. The van der Waals surface area contributed by atoms with Crippen LogP contribution >= 0.6 is 7.82 Å². The minimum Gasteiger partial charge on any atom is -0.463 e. The van der Waals surface area contributed by atoms with Crippen molar-refractivity contribution in [3.63, 3.8) is 0 Å². The van der Waals surface area contributed by atoms with E-state index < -0.39 is 26.5 Å². The molecule has 0 heterocycles. The van der Waals surface area contributed by atoms with E-state index in [0.29, 0.717) is 6.42 Å². The van der Waals surface area contributed by atoms with Crippen LogP contribution in [0.15, 0.2) is 60.8 Å². The molecule has 0 aliphatic carbocycles. The maximum Gasteiger partial charge on any atom is 0.472 e. The Morgan fingerprint density at radius 2 is 1.06 bits per heavy atom. The molecule has 2 unspecified atom stereocenters. The minimum absolute atomic E-state index is 0.0732. The smallest absolute Gasteiger partial charge is 0.463 e. The van der Waals surface area contributed by atoms with Gasteiger partial charge in [-0.2, -0.15) is 0 Å². The highest BCUT2D eigenvalue weighted by atomic mass is 31.2. The number of hydrogen-bond acceptors (Lipinski definition) is 7. The number of nitrogens with one attached hydrogen (secondary N) is 1. The fourth-order valence-electron chi connectivity index (χ4n) is 5.52. The van der Waals surface area contributed by atoms with Crippen molar-refractivity contribution >= 4 is 19.7 Å². The number of phosphoric acid groups is 1. The van der Waals surface area contributed by atoms with E-state index in [-0.39, 0.29) is 32.1 Å². The highest BCUT2D eigenvalue weighted by Gasteiger charge is 2.23. The molecule has 1 amide bonds. The number of ether oxygens (including phenoxy) is 1. The molecule has 0 aromatic heterocycles. The van der Waals surface area contributed by atoms with Gasteiger partial charge in [0.1, 0.15) is 12.7 Å². The summed E-state index contributed by atoms with van der Waals surface area (Å²) in [4.78, 5) is 33.8. The summed E-state index contributed by atoms with van der Waals surface area (Å²) in [6.07, 6.45) is 47.3. The monoisotopic (exact) mass is 780 g/mol. The molecule has 0 aromatic rings. The number of allylic oxidation sites excluding steroid dienone is 10. The van der Waals surface area contributed by atoms with Gasteiger partial charge in [0.25, 0.3) is 0 Å². The van der Waals surface area contributed by atoms with E-state index in [1.807, 2.05) is 0 Å². The number of esters is 1. The van der Waals surface area contributed by atoms with Crippen LogP contribution in [0.25, 0.3) is 0 Å². The summed E-state index contributed by atoms with van der Waals surface area (Å²) in [6, 6.07) is 0. The summed E-state index contributed by atoms with van der Waals surface area (Å²) in [5, 5.41) is 12.6. The Morgan fingerprint density at radius 3 is 1.59 bits per heavy atom. The lowest BCUT2D eigenvalue weighted by Gasteiger charge is -2.15. The summed E-state index contributed by atoms with van der Waals surface area (Å²) in [6.45, 7) is 3.40. The van der Waals surface area contributed by atoms with Gasteiger partial charge in [-0.1, -0.05) is 164 Å². The number of carbonyl (C=O) groups excluding carboxylic acids is 2. The minimum atomic E-state index is -4.42. The largest absolute Gasteiger partial charge is 0.472 e. The third-order valence-electron chi connectivity index (χ3n) is 8.71. The molecule has 0 aliphatic rings. The second kappa shape index (κ2) is 40.4. The molecule has 0 radical (unpaired) electrons. The molecule has 0 rings (SSSR count). The van der Waals surface area contributed by atoms with Crippen molar-refractivity contribution in [1.82, 2.24) is 5.32 Å². The molecule has 0 saturated heterocycles. The van der Waals surface area contributed by atoms with Crippen LogP contribution in [0.2, 0.25) is 0 Å². The van der Waals surface area contributed by atoms with Gasteiger partial charge in [0.15, 0.2) is 0 Å². The second-order valence-electron chi connectivity index (χ2n) is 13.9.